The van der Waals surface area contributed by atoms with Crippen molar-refractivity contribution >= 4 is 0 Å². The minimum Gasteiger partial charge on any atom is -0.504 e. The highest BCUT2D eigenvalue weighted by Crippen LogP contribution is 2.56. The third-order valence-electron chi connectivity index (χ3n) is 6.64. The first-order chi connectivity index (χ1) is 11.4. The molecule has 3 rings (SSSR count). The molecule has 0 bridgehead atoms. The van der Waals surface area contributed by atoms with E-state index in [4.69, 9.17) is 4.74 Å². The average Bonchev–Trinajstić information content (AvgIpc) is 2.59. The lowest BCUT2D eigenvalue weighted by Crippen LogP contribution is -2.56. The maximum atomic E-state index is 14.3. The van der Waals surface area contributed by atoms with Gasteiger partial charge in [0, 0.05) is 17.0 Å². The lowest BCUT2D eigenvalue weighted by Gasteiger charge is -2.55. The van der Waals surface area contributed by atoms with Crippen molar-refractivity contribution in [2.45, 2.75) is 63.6 Å². The first-order valence-corrected chi connectivity index (χ1v) is 9.18. The van der Waals surface area contributed by atoms with Gasteiger partial charge in [-0.15, -0.1) is 0 Å². The molecule has 3 nitrogen and oxygen atoms in total. The van der Waals surface area contributed by atoms with Gasteiger partial charge in [-0.2, -0.15) is 0 Å². The van der Waals surface area contributed by atoms with Crippen molar-refractivity contribution in [1.29, 1.82) is 0 Å². The van der Waals surface area contributed by atoms with Crippen molar-refractivity contribution in [2.24, 2.45) is 5.92 Å². The van der Waals surface area contributed by atoms with Crippen molar-refractivity contribution in [3.63, 3.8) is 0 Å². The summed E-state index contributed by atoms with van der Waals surface area (Å²) in [6, 6.07) is 4.24. The number of likely N-dealkylation sites (tertiary alicyclic amines) is 1. The number of rotatable bonds is 3. The fraction of sp³-hybridized carbons (Fsp3) is 0.700. The summed E-state index contributed by atoms with van der Waals surface area (Å²) in [7, 11) is 3.72. The zero-order chi connectivity index (χ0) is 17.5. The van der Waals surface area contributed by atoms with Crippen molar-refractivity contribution < 1.29 is 14.2 Å². The Morgan fingerprint density at radius 2 is 2.12 bits per heavy atom. The molecule has 0 aromatic heterocycles. The van der Waals surface area contributed by atoms with Crippen LogP contribution in [0.15, 0.2) is 12.1 Å². The number of fused-ring (bicyclic) bond motifs is 1. The molecule has 0 radical (unpaired) electrons. The third-order valence-corrected chi connectivity index (χ3v) is 6.64. The van der Waals surface area contributed by atoms with Gasteiger partial charge in [-0.1, -0.05) is 13.0 Å². The number of hydrogen-bond donors (Lipinski definition) is 1. The number of aromatic hydroxyl groups is 1. The van der Waals surface area contributed by atoms with E-state index in [0.29, 0.717) is 24.6 Å². The van der Waals surface area contributed by atoms with Crippen LogP contribution in [0.3, 0.4) is 0 Å². The molecule has 4 heteroatoms. The van der Waals surface area contributed by atoms with Gasteiger partial charge in [-0.3, -0.25) is 0 Å². The SMILES string of the molecule is CCc1ccc(OC)c(O)c1C12CCC(F)CC1C(C)N(C)CC2. The van der Waals surface area contributed by atoms with E-state index in [9.17, 15) is 9.50 Å². The normalized spacial score (nSPS) is 34.0. The Labute approximate surface area is 144 Å². The quantitative estimate of drug-likeness (QED) is 0.904. The summed E-state index contributed by atoms with van der Waals surface area (Å²) in [5.74, 6) is 1.03. The zero-order valence-electron chi connectivity index (χ0n) is 15.3. The van der Waals surface area contributed by atoms with Crippen LogP contribution >= 0.6 is 0 Å². The Balaban J connectivity index is 2.17. The summed E-state index contributed by atoms with van der Waals surface area (Å²) in [6.07, 6.45) is 3.10. The average molecular weight is 335 g/mol. The molecular weight excluding hydrogens is 305 g/mol. The summed E-state index contributed by atoms with van der Waals surface area (Å²) in [4.78, 5) is 2.34. The van der Waals surface area contributed by atoms with Gasteiger partial charge in [0.25, 0.3) is 0 Å². The standard InChI is InChI=1S/C20H30FNO2/c1-5-14-6-7-17(24-4)19(23)18(14)20-9-8-15(21)12-16(20)13(2)22(3)11-10-20/h6-7,13,15-16,23H,5,8-12H2,1-4H3. The number of ether oxygens (including phenoxy) is 1. The molecule has 0 spiro atoms. The van der Waals surface area contributed by atoms with Gasteiger partial charge < -0.3 is 14.7 Å². The maximum absolute atomic E-state index is 14.3. The highest BCUT2D eigenvalue weighted by molar-refractivity contribution is 5.54. The minimum absolute atomic E-state index is 0.140. The van der Waals surface area contributed by atoms with Crippen LogP contribution in [0.1, 0.15) is 50.7 Å². The number of benzene rings is 1. The van der Waals surface area contributed by atoms with Crippen LogP contribution in [0, 0.1) is 5.92 Å². The van der Waals surface area contributed by atoms with Crippen molar-refractivity contribution in [3.8, 4) is 11.5 Å². The molecule has 4 atom stereocenters. The minimum atomic E-state index is -0.727. The van der Waals surface area contributed by atoms with Crippen LogP contribution in [0.25, 0.3) is 0 Å². The van der Waals surface area contributed by atoms with E-state index in [2.05, 4.69) is 31.9 Å². The molecule has 1 aliphatic heterocycles. The van der Waals surface area contributed by atoms with Gasteiger partial charge in [0.05, 0.1) is 7.11 Å². The molecule has 1 saturated heterocycles. The van der Waals surface area contributed by atoms with Gasteiger partial charge in [0.15, 0.2) is 11.5 Å². The molecule has 134 valence electrons. The Hall–Kier alpha value is -1.29. The first kappa shape index (κ1) is 17.5. The van der Waals surface area contributed by atoms with Crippen LogP contribution in [0.4, 0.5) is 4.39 Å². The third kappa shape index (κ3) is 2.59. The number of piperidine rings is 1. The number of methoxy groups -OCH3 is 1. The van der Waals surface area contributed by atoms with Crippen LogP contribution in [-0.4, -0.2) is 42.9 Å². The molecule has 2 fully saturated rings. The summed E-state index contributed by atoms with van der Waals surface area (Å²) in [6.45, 7) is 5.31. The molecule has 1 aromatic carbocycles. The lowest BCUT2D eigenvalue weighted by molar-refractivity contribution is -0.00460. The van der Waals surface area contributed by atoms with Crippen LogP contribution in [0.5, 0.6) is 11.5 Å². The molecule has 1 saturated carbocycles. The van der Waals surface area contributed by atoms with E-state index in [0.717, 1.165) is 31.4 Å². The van der Waals surface area contributed by atoms with Crippen molar-refractivity contribution in [3.05, 3.63) is 23.3 Å². The highest BCUT2D eigenvalue weighted by Gasteiger charge is 2.52. The number of halogens is 1. The topological polar surface area (TPSA) is 32.7 Å². The van der Waals surface area contributed by atoms with Crippen LogP contribution in [-0.2, 0) is 11.8 Å². The van der Waals surface area contributed by atoms with Gasteiger partial charge in [-0.05, 0) is 70.2 Å². The molecule has 2 aliphatic rings. The first-order valence-electron chi connectivity index (χ1n) is 9.18. The number of nitrogens with zero attached hydrogens (tertiary/aromatic N) is 1. The predicted octanol–water partition coefficient (Wildman–Crippen LogP) is 4.06. The molecule has 4 unspecified atom stereocenters. The second kappa shape index (κ2) is 6.55. The highest BCUT2D eigenvalue weighted by atomic mass is 19.1. The molecule has 1 aliphatic carbocycles. The Morgan fingerprint density at radius 1 is 1.38 bits per heavy atom. The van der Waals surface area contributed by atoms with E-state index >= 15 is 0 Å². The van der Waals surface area contributed by atoms with E-state index in [1.165, 1.54) is 5.56 Å². The molecule has 0 amide bonds. The molecular formula is C20H30FNO2. The fourth-order valence-electron chi connectivity index (χ4n) is 5.14. The summed E-state index contributed by atoms with van der Waals surface area (Å²) >= 11 is 0. The van der Waals surface area contributed by atoms with Gasteiger partial charge >= 0.3 is 0 Å². The Bertz CT molecular complexity index is 602. The number of aryl methyl sites for hydroxylation is 1. The number of phenolic OH excluding ortho intramolecular Hbond substituents is 1. The summed E-state index contributed by atoms with van der Waals surface area (Å²) in [5.41, 5.74) is 2.06. The van der Waals surface area contributed by atoms with Gasteiger partial charge in [0.2, 0.25) is 0 Å². The second-order valence-electron chi connectivity index (χ2n) is 7.61. The second-order valence-corrected chi connectivity index (χ2v) is 7.61. The molecule has 24 heavy (non-hydrogen) atoms. The lowest BCUT2D eigenvalue weighted by atomic mass is 9.55. The maximum Gasteiger partial charge on any atom is 0.161 e. The van der Waals surface area contributed by atoms with E-state index in [-0.39, 0.29) is 17.1 Å². The fourth-order valence-corrected chi connectivity index (χ4v) is 5.14. The Morgan fingerprint density at radius 3 is 2.79 bits per heavy atom. The van der Waals surface area contributed by atoms with Crippen molar-refractivity contribution in [1.82, 2.24) is 4.90 Å². The Kier molecular flexibility index (Phi) is 4.78. The van der Waals surface area contributed by atoms with Crippen LogP contribution < -0.4 is 4.74 Å². The number of phenols is 1. The molecule has 1 heterocycles. The summed E-state index contributed by atoms with van der Waals surface area (Å²) in [5, 5.41) is 11.0. The molecule has 1 N–H and O–H groups in total. The zero-order valence-corrected chi connectivity index (χ0v) is 15.3. The predicted molar refractivity (Wildman–Crippen MR) is 94.7 cm³/mol. The van der Waals surface area contributed by atoms with Crippen LogP contribution in [0.2, 0.25) is 0 Å². The van der Waals surface area contributed by atoms with Crippen molar-refractivity contribution in [2.75, 3.05) is 20.7 Å². The largest absolute Gasteiger partial charge is 0.504 e. The smallest absolute Gasteiger partial charge is 0.161 e. The van der Waals surface area contributed by atoms with E-state index in [1.54, 1.807) is 7.11 Å². The molecule has 1 aromatic rings. The van der Waals surface area contributed by atoms with E-state index < -0.39 is 6.17 Å². The number of alkyl halides is 1. The van der Waals surface area contributed by atoms with Gasteiger partial charge in [0.1, 0.15) is 6.17 Å². The van der Waals surface area contributed by atoms with Gasteiger partial charge in [-0.25, -0.2) is 4.39 Å². The number of hydrogen-bond acceptors (Lipinski definition) is 3. The monoisotopic (exact) mass is 335 g/mol. The summed E-state index contributed by atoms with van der Waals surface area (Å²) < 4.78 is 19.7. The van der Waals surface area contributed by atoms with E-state index in [1.807, 2.05) is 6.07 Å².